The van der Waals surface area contributed by atoms with Crippen molar-refractivity contribution in [2.24, 2.45) is 0 Å². The third-order valence-electron chi connectivity index (χ3n) is 2.24. The molecule has 1 amide bonds. The molecule has 100 valence electrons. The van der Waals surface area contributed by atoms with E-state index >= 15 is 0 Å². The number of ether oxygens (including phenoxy) is 2. The molecular formula is C12H19N3O3. The van der Waals surface area contributed by atoms with Crippen LogP contribution in [0.2, 0.25) is 0 Å². The second-order valence-electron chi connectivity index (χ2n) is 3.54. The van der Waals surface area contributed by atoms with E-state index in [2.05, 4.69) is 15.6 Å². The van der Waals surface area contributed by atoms with Gasteiger partial charge in [0.05, 0.1) is 19.8 Å². The number of carbonyl (C=O) groups is 1. The lowest BCUT2D eigenvalue weighted by Gasteiger charge is -2.07. The average Bonchev–Trinajstić information content (AvgIpc) is 2.42. The molecular weight excluding hydrogens is 234 g/mol. The van der Waals surface area contributed by atoms with Crippen LogP contribution in [0.1, 0.15) is 10.4 Å². The minimum atomic E-state index is -0.135. The largest absolute Gasteiger partial charge is 0.382 e. The van der Waals surface area contributed by atoms with Gasteiger partial charge in [-0.05, 0) is 12.1 Å². The molecule has 0 aliphatic carbocycles. The number of rotatable bonds is 8. The number of hydrogen-bond acceptors (Lipinski definition) is 5. The van der Waals surface area contributed by atoms with Crippen molar-refractivity contribution < 1.29 is 14.3 Å². The molecule has 18 heavy (non-hydrogen) atoms. The first-order valence-electron chi connectivity index (χ1n) is 5.76. The molecule has 0 radical (unpaired) electrons. The zero-order chi connectivity index (χ0) is 13.2. The van der Waals surface area contributed by atoms with Gasteiger partial charge in [0, 0.05) is 32.5 Å². The zero-order valence-electron chi connectivity index (χ0n) is 10.7. The van der Waals surface area contributed by atoms with E-state index in [-0.39, 0.29) is 5.91 Å². The number of amides is 1. The van der Waals surface area contributed by atoms with Gasteiger partial charge < -0.3 is 20.1 Å². The van der Waals surface area contributed by atoms with Crippen LogP contribution in [0, 0.1) is 0 Å². The van der Waals surface area contributed by atoms with Crippen LogP contribution in [0.5, 0.6) is 0 Å². The highest BCUT2D eigenvalue weighted by molar-refractivity contribution is 5.94. The lowest BCUT2D eigenvalue weighted by molar-refractivity contribution is 0.0692. The Balaban J connectivity index is 2.27. The molecule has 1 aromatic heterocycles. The quantitative estimate of drug-likeness (QED) is 0.661. The van der Waals surface area contributed by atoms with Crippen LogP contribution in [0.15, 0.2) is 18.3 Å². The molecule has 0 saturated carbocycles. The van der Waals surface area contributed by atoms with Gasteiger partial charge in [0.2, 0.25) is 0 Å². The third-order valence-corrected chi connectivity index (χ3v) is 2.24. The first-order chi connectivity index (χ1) is 8.77. The molecule has 0 fully saturated rings. The molecule has 0 aliphatic rings. The van der Waals surface area contributed by atoms with E-state index in [1.807, 2.05) is 0 Å². The molecule has 0 aliphatic heterocycles. The molecule has 1 aromatic rings. The molecule has 1 heterocycles. The van der Waals surface area contributed by atoms with Crippen LogP contribution in [0.25, 0.3) is 0 Å². The van der Waals surface area contributed by atoms with Crippen LogP contribution < -0.4 is 10.6 Å². The highest BCUT2D eigenvalue weighted by Gasteiger charge is 2.05. The van der Waals surface area contributed by atoms with Gasteiger partial charge in [0.15, 0.2) is 0 Å². The Morgan fingerprint density at radius 3 is 2.94 bits per heavy atom. The molecule has 6 nitrogen and oxygen atoms in total. The molecule has 0 saturated heterocycles. The van der Waals surface area contributed by atoms with E-state index in [4.69, 9.17) is 9.47 Å². The second kappa shape index (κ2) is 8.43. The van der Waals surface area contributed by atoms with Gasteiger partial charge in [-0.2, -0.15) is 0 Å². The normalized spacial score (nSPS) is 10.1. The van der Waals surface area contributed by atoms with E-state index in [9.17, 15) is 4.79 Å². The first-order valence-corrected chi connectivity index (χ1v) is 5.76. The van der Waals surface area contributed by atoms with Gasteiger partial charge in [-0.1, -0.05) is 0 Å². The maximum atomic E-state index is 11.8. The van der Waals surface area contributed by atoms with Gasteiger partial charge in [-0.15, -0.1) is 0 Å². The summed E-state index contributed by atoms with van der Waals surface area (Å²) in [6.45, 7) is 2.04. The summed E-state index contributed by atoms with van der Waals surface area (Å²) in [5, 5.41) is 5.65. The summed E-state index contributed by atoms with van der Waals surface area (Å²) >= 11 is 0. The van der Waals surface area contributed by atoms with Crippen LogP contribution >= 0.6 is 0 Å². The predicted octanol–water partition coefficient (Wildman–Crippen LogP) is 0.516. The van der Waals surface area contributed by atoms with Crippen molar-refractivity contribution in [1.82, 2.24) is 10.3 Å². The number of nitrogens with zero attached hydrogens (tertiary/aromatic N) is 1. The van der Waals surface area contributed by atoms with Crippen molar-refractivity contribution in [2.45, 2.75) is 0 Å². The van der Waals surface area contributed by atoms with Crippen molar-refractivity contribution in [3.05, 3.63) is 23.9 Å². The van der Waals surface area contributed by atoms with Gasteiger partial charge >= 0.3 is 0 Å². The van der Waals surface area contributed by atoms with E-state index in [1.165, 1.54) is 0 Å². The summed E-state index contributed by atoms with van der Waals surface area (Å²) in [4.78, 5) is 15.8. The third kappa shape index (κ3) is 5.11. The molecule has 0 spiro atoms. The number of anilines is 1. The first kappa shape index (κ1) is 14.4. The standard InChI is InChI=1S/C12H19N3O3/c1-13-11-9-10(3-4-14-11)12(16)15-5-6-18-8-7-17-2/h3-4,9H,5-8H2,1-2H3,(H,13,14)(H,15,16). The fourth-order valence-electron chi connectivity index (χ4n) is 1.29. The Hall–Kier alpha value is -1.66. The molecule has 0 aromatic carbocycles. The number of pyridine rings is 1. The summed E-state index contributed by atoms with van der Waals surface area (Å²) in [6, 6.07) is 3.36. The number of methoxy groups -OCH3 is 1. The molecule has 2 N–H and O–H groups in total. The van der Waals surface area contributed by atoms with Crippen molar-refractivity contribution in [1.29, 1.82) is 0 Å². The highest BCUT2D eigenvalue weighted by Crippen LogP contribution is 2.05. The Morgan fingerprint density at radius 2 is 2.22 bits per heavy atom. The minimum Gasteiger partial charge on any atom is -0.382 e. The minimum absolute atomic E-state index is 0.135. The number of aromatic nitrogens is 1. The fourth-order valence-corrected chi connectivity index (χ4v) is 1.29. The fraction of sp³-hybridized carbons (Fsp3) is 0.500. The summed E-state index contributed by atoms with van der Waals surface area (Å²) in [6.07, 6.45) is 1.59. The average molecular weight is 253 g/mol. The second-order valence-corrected chi connectivity index (χ2v) is 3.54. The van der Waals surface area contributed by atoms with E-state index in [1.54, 1.807) is 32.5 Å². The SMILES string of the molecule is CNc1cc(C(=O)NCCOCCOC)ccn1. The number of nitrogens with one attached hydrogen (secondary N) is 2. The highest BCUT2D eigenvalue weighted by atomic mass is 16.5. The maximum absolute atomic E-state index is 11.8. The zero-order valence-corrected chi connectivity index (χ0v) is 10.7. The predicted molar refractivity (Wildman–Crippen MR) is 68.8 cm³/mol. The number of carbonyl (C=O) groups excluding carboxylic acids is 1. The van der Waals surface area contributed by atoms with Gasteiger partial charge in [0.1, 0.15) is 5.82 Å². The number of hydrogen-bond donors (Lipinski definition) is 2. The summed E-state index contributed by atoms with van der Waals surface area (Å²) in [7, 11) is 3.38. The van der Waals surface area contributed by atoms with Gasteiger partial charge in [0.25, 0.3) is 5.91 Å². The van der Waals surface area contributed by atoms with Crippen LogP contribution in [0.3, 0.4) is 0 Å². The molecule has 0 unspecified atom stereocenters. The van der Waals surface area contributed by atoms with E-state index in [0.717, 1.165) is 0 Å². The Labute approximate surface area is 107 Å². The topological polar surface area (TPSA) is 72.5 Å². The summed E-state index contributed by atoms with van der Waals surface area (Å²) in [5.41, 5.74) is 0.575. The van der Waals surface area contributed by atoms with Crippen LogP contribution in [-0.2, 0) is 9.47 Å². The van der Waals surface area contributed by atoms with E-state index in [0.29, 0.717) is 37.7 Å². The summed E-state index contributed by atoms with van der Waals surface area (Å²) in [5.74, 6) is 0.531. The molecule has 0 bridgehead atoms. The van der Waals surface area contributed by atoms with Gasteiger partial charge in [-0.25, -0.2) is 4.98 Å². The monoisotopic (exact) mass is 253 g/mol. The lowest BCUT2D eigenvalue weighted by atomic mass is 10.2. The van der Waals surface area contributed by atoms with Crippen LogP contribution in [0.4, 0.5) is 5.82 Å². The Morgan fingerprint density at radius 1 is 1.39 bits per heavy atom. The smallest absolute Gasteiger partial charge is 0.251 e. The Bertz CT molecular complexity index is 371. The van der Waals surface area contributed by atoms with Crippen molar-refractivity contribution in [3.8, 4) is 0 Å². The molecule has 6 heteroatoms. The van der Waals surface area contributed by atoms with Crippen molar-refractivity contribution in [3.63, 3.8) is 0 Å². The van der Waals surface area contributed by atoms with Crippen molar-refractivity contribution in [2.75, 3.05) is 45.8 Å². The molecule has 1 rings (SSSR count). The van der Waals surface area contributed by atoms with Crippen molar-refractivity contribution >= 4 is 11.7 Å². The Kier molecular flexibility index (Phi) is 6.75. The van der Waals surface area contributed by atoms with Crippen LogP contribution in [-0.4, -0.2) is 51.4 Å². The maximum Gasteiger partial charge on any atom is 0.251 e. The lowest BCUT2D eigenvalue weighted by Crippen LogP contribution is -2.27. The van der Waals surface area contributed by atoms with E-state index < -0.39 is 0 Å². The molecule has 0 atom stereocenters. The van der Waals surface area contributed by atoms with Gasteiger partial charge in [-0.3, -0.25) is 4.79 Å². The summed E-state index contributed by atoms with van der Waals surface area (Å²) < 4.78 is 10.1.